The van der Waals surface area contributed by atoms with Gasteiger partial charge in [0.15, 0.2) is 0 Å². The molecule has 0 bridgehead atoms. The molecule has 92 valence electrons. The van der Waals surface area contributed by atoms with Crippen LogP contribution in [-0.4, -0.2) is 0 Å². The highest BCUT2D eigenvalue weighted by molar-refractivity contribution is 5.27. The van der Waals surface area contributed by atoms with Gasteiger partial charge in [-0.05, 0) is 35.4 Å². The van der Waals surface area contributed by atoms with E-state index in [0.29, 0.717) is 12.4 Å². The Hall–Kier alpha value is -2.23. The van der Waals surface area contributed by atoms with Gasteiger partial charge in [0.2, 0.25) is 0 Å². The van der Waals surface area contributed by atoms with E-state index in [-0.39, 0.29) is 12.4 Å². The third-order valence-electron chi connectivity index (χ3n) is 2.49. The lowest BCUT2D eigenvalue weighted by Gasteiger charge is -2.06. The number of nitroso groups, excluding NO2 is 1. The van der Waals surface area contributed by atoms with Crippen molar-refractivity contribution in [1.82, 2.24) is 0 Å². The third-order valence-corrected chi connectivity index (χ3v) is 2.49. The van der Waals surface area contributed by atoms with Crippen LogP contribution < -0.4 is 4.74 Å². The van der Waals surface area contributed by atoms with Gasteiger partial charge in [0.25, 0.3) is 0 Å². The van der Waals surface area contributed by atoms with Crippen LogP contribution in [0.25, 0.3) is 0 Å². The predicted octanol–water partition coefficient (Wildman–Crippen LogP) is 3.67. The molecule has 0 aliphatic carbocycles. The Balaban J connectivity index is 1.93. The van der Waals surface area contributed by atoms with Crippen LogP contribution in [0.4, 0.5) is 4.39 Å². The molecule has 0 radical (unpaired) electrons. The van der Waals surface area contributed by atoms with Crippen molar-refractivity contribution >= 4 is 0 Å². The summed E-state index contributed by atoms with van der Waals surface area (Å²) in [5.74, 6) is 0.443. The van der Waals surface area contributed by atoms with E-state index in [9.17, 15) is 9.30 Å². The van der Waals surface area contributed by atoms with Gasteiger partial charge in [-0.1, -0.05) is 29.4 Å². The average molecular weight is 245 g/mol. The van der Waals surface area contributed by atoms with Gasteiger partial charge in [-0.25, -0.2) is 4.39 Å². The number of nitrogens with zero attached hydrogens (tertiary/aromatic N) is 1. The fourth-order valence-electron chi connectivity index (χ4n) is 1.51. The van der Waals surface area contributed by atoms with Crippen LogP contribution in [-0.2, 0) is 13.2 Å². The van der Waals surface area contributed by atoms with Crippen LogP contribution in [0, 0.1) is 10.7 Å². The molecule has 0 fully saturated rings. The van der Waals surface area contributed by atoms with Crippen LogP contribution in [0.15, 0.2) is 53.7 Å². The minimum Gasteiger partial charge on any atom is -0.489 e. The summed E-state index contributed by atoms with van der Waals surface area (Å²) in [5, 5.41) is 2.81. The van der Waals surface area contributed by atoms with Crippen LogP contribution in [0.1, 0.15) is 11.1 Å². The third kappa shape index (κ3) is 3.38. The lowest BCUT2D eigenvalue weighted by Crippen LogP contribution is -1.95. The Morgan fingerprint density at radius 3 is 2.17 bits per heavy atom. The number of hydrogen-bond acceptors (Lipinski definition) is 3. The molecule has 0 atom stereocenters. The first kappa shape index (κ1) is 12.2. The molecule has 0 aliphatic rings. The molecule has 0 heterocycles. The second-order valence-electron chi connectivity index (χ2n) is 3.85. The van der Waals surface area contributed by atoms with Crippen LogP contribution in [0.3, 0.4) is 0 Å². The number of rotatable bonds is 5. The van der Waals surface area contributed by atoms with Gasteiger partial charge in [-0.2, -0.15) is 4.91 Å². The molecular weight excluding hydrogens is 233 g/mol. The largest absolute Gasteiger partial charge is 0.489 e. The number of ether oxygens (including phenoxy) is 1. The quantitative estimate of drug-likeness (QED) is 0.754. The monoisotopic (exact) mass is 245 g/mol. The molecule has 0 saturated carbocycles. The summed E-state index contributed by atoms with van der Waals surface area (Å²) in [7, 11) is 0. The summed E-state index contributed by atoms with van der Waals surface area (Å²) < 4.78 is 18.2. The van der Waals surface area contributed by atoms with Gasteiger partial charge >= 0.3 is 0 Å². The molecule has 4 heteroatoms. The van der Waals surface area contributed by atoms with Crippen LogP contribution in [0.2, 0.25) is 0 Å². The summed E-state index contributed by atoms with van der Waals surface area (Å²) >= 11 is 0. The summed E-state index contributed by atoms with van der Waals surface area (Å²) in [5.41, 5.74) is 1.74. The Labute approximate surface area is 104 Å². The fraction of sp³-hybridized carbons (Fsp3) is 0.143. The molecule has 0 spiro atoms. The lowest BCUT2D eigenvalue weighted by molar-refractivity contribution is 0.306. The molecule has 2 rings (SSSR count). The minimum atomic E-state index is -0.260. The number of halogens is 1. The van der Waals surface area contributed by atoms with Gasteiger partial charge in [0.1, 0.15) is 24.7 Å². The molecule has 2 aromatic rings. The standard InChI is InChI=1S/C14H12FNO2/c15-13-5-1-12(2-6-13)10-18-14-7-3-11(4-8-14)9-16-17/h1-8H,9-10H2. The highest BCUT2D eigenvalue weighted by Gasteiger charge is 1.98. The first-order valence-corrected chi connectivity index (χ1v) is 5.53. The van der Waals surface area contributed by atoms with E-state index >= 15 is 0 Å². The first-order chi connectivity index (χ1) is 8.78. The molecular formula is C14H12FNO2. The van der Waals surface area contributed by atoms with Crippen molar-refractivity contribution in [3.63, 3.8) is 0 Å². The fourth-order valence-corrected chi connectivity index (χ4v) is 1.51. The molecule has 2 aromatic carbocycles. The molecule has 18 heavy (non-hydrogen) atoms. The van der Waals surface area contributed by atoms with Crippen molar-refractivity contribution in [3.05, 3.63) is 70.4 Å². The Kier molecular flexibility index (Phi) is 4.02. The molecule has 0 N–H and O–H groups in total. The summed E-state index contributed by atoms with van der Waals surface area (Å²) in [6.45, 7) is 0.545. The van der Waals surface area contributed by atoms with E-state index in [0.717, 1.165) is 11.1 Å². The molecule has 0 aromatic heterocycles. The van der Waals surface area contributed by atoms with Gasteiger partial charge in [-0.3, -0.25) is 0 Å². The highest BCUT2D eigenvalue weighted by Crippen LogP contribution is 2.15. The maximum atomic E-state index is 12.7. The highest BCUT2D eigenvalue weighted by atomic mass is 19.1. The van der Waals surface area contributed by atoms with Crippen molar-refractivity contribution in [1.29, 1.82) is 0 Å². The maximum absolute atomic E-state index is 12.7. The van der Waals surface area contributed by atoms with Crippen molar-refractivity contribution in [3.8, 4) is 5.75 Å². The smallest absolute Gasteiger partial charge is 0.123 e. The van der Waals surface area contributed by atoms with Crippen molar-refractivity contribution < 1.29 is 9.13 Å². The van der Waals surface area contributed by atoms with E-state index in [1.807, 2.05) is 0 Å². The van der Waals surface area contributed by atoms with E-state index in [1.54, 1.807) is 36.4 Å². The predicted molar refractivity (Wildman–Crippen MR) is 66.7 cm³/mol. The van der Waals surface area contributed by atoms with Gasteiger partial charge < -0.3 is 4.74 Å². The topological polar surface area (TPSA) is 38.7 Å². The van der Waals surface area contributed by atoms with Gasteiger partial charge in [-0.15, -0.1) is 0 Å². The minimum absolute atomic E-state index is 0.165. The zero-order valence-corrected chi connectivity index (χ0v) is 9.67. The Morgan fingerprint density at radius 2 is 1.56 bits per heavy atom. The molecule has 0 aliphatic heterocycles. The SMILES string of the molecule is O=NCc1ccc(OCc2ccc(F)cc2)cc1. The number of benzene rings is 2. The normalized spacial score (nSPS) is 10.1. The summed E-state index contributed by atoms with van der Waals surface area (Å²) in [6, 6.07) is 13.3. The van der Waals surface area contributed by atoms with Crippen molar-refractivity contribution in [2.75, 3.05) is 0 Å². The van der Waals surface area contributed by atoms with E-state index < -0.39 is 0 Å². The van der Waals surface area contributed by atoms with Gasteiger partial charge in [0, 0.05) is 0 Å². The Bertz CT molecular complexity index is 508. The molecule has 0 saturated heterocycles. The summed E-state index contributed by atoms with van der Waals surface area (Å²) in [4.78, 5) is 10.1. The molecule has 3 nitrogen and oxygen atoms in total. The molecule has 0 unspecified atom stereocenters. The zero-order valence-electron chi connectivity index (χ0n) is 9.67. The van der Waals surface area contributed by atoms with E-state index in [4.69, 9.17) is 4.74 Å². The summed E-state index contributed by atoms with van der Waals surface area (Å²) in [6.07, 6.45) is 0. The van der Waals surface area contributed by atoms with Crippen LogP contribution >= 0.6 is 0 Å². The Morgan fingerprint density at radius 1 is 0.944 bits per heavy atom. The van der Waals surface area contributed by atoms with E-state index in [1.165, 1.54) is 12.1 Å². The zero-order chi connectivity index (χ0) is 12.8. The second-order valence-corrected chi connectivity index (χ2v) is 3.85. The second kappa shape index (κ2) is 5.91. The van der Waals surface area contributed by atoms with E-state index in [2.05, 4.69) is 5.18 Å². The number of hydrogen-bond donors (Lipinski definition) is 0. The lowest BCUT2D eigenvalue weighted by atomic mass is 10.2. The van der Waals surface area contributed by atoms with Crippen molar-refractivity contribution in [2.45, 2.75) is 13.2 Å². The van der Waals surface area contributed by atoms with Crippen molar-refractivity contribution in [2.24, 2.45) is 5.18 Å². The maximum Gasteiger partial charge on any atom is 0.123 e. The van der Waals surface area contributed by atoms with Gasteiger partial charge in [0.05, 0.1) is 0 Å². The average Bonchev–Trinajstić information content (AvgIpc) is 2.40. The first-order valence-electron chi connectivity index (χ1n) is 5.53. The molecule has 0 amide bonds. The van der Waals surface area contributed by atoms with Crippen LogP contribution in [0.5, 0.6) is 5.75 Å².